The Balaban J connectivity index is 1.81. The Morgan fingerprint density at radius 3 is 2.52 bits per heavy atom. The van der Waals surface area contributed by atoms with Crippen molar-refractivity contribution in [3.8, 4) is 0 Å². The standard InChI is InChI=1S/C19H22FNOS/c1-13-4-9-18(14(2)12-13)23-15(3)19(22)21-11-10-16-5-7-17(20)8-6-16/h4-9,12,15H,10-11H2,1-3H3,(H,21,22)/t15-/m0/s1. The summed E-state index contributed by atoms with van der Waals surface area (Å²) in [4.78, 5) is 13.3. The van der Waals surface area contributed by atoms with Crippen LogP contribution in [0.3, 0.4) is 0 Å². The normalized spacial score (nSPS) is 12.0. The number of hydrogen-bond acceptors (Lipinski definition) is 2. The topological polar surface area (TPSA) is 29.1 Å². The third-order valence-corrected chi connectivity index (χ3v) is 4.91. The molecule has 2 rings (SSSR count). The highest BCUT2D eigenvalue weighted by Crippen LogP contribution is 2.27. The first-order valence-electron chi connectivity index (χ1n) is 7.72. The fraction of sp³-hybridized carbons (Fsp3) is 0.316. The Kier molecular flexibility index (Phi) is 6.22. The highest BCUT2D eigenvalue weighted by Gasteiger charge is 2.14. The minimum atomic E-state index is -0.240. The molecular formula is C19H22FNOS. The third kappa shape index (κ3) is 5.39. The average Bonchev–Trinajstić information content (AvgIpc) is 2.51. The first-order chi connectivity index (χ1) is 11.0. The molecule has 0 spiro atoms. The molecule has 0 aliphatic carbocycles. The van der Waals surface area contributed by atoms with E-state index in [9.17, 15) is 9.18 Å². The van der Waals surface area contributed by atoms with Gasteiger partial charge in [-0.2, -0.15) is 0 Å². The van der Waals surface area contributed by atoms with E-state index in [1.807, 2.05) is 6.92 Å². The van der Waals surface area contributed by atoms with Crippen LogP contribution in [-0.2, 0) is 11.2 Å². The van der Waals surface area contributed by atoms with Crippen LogP contribution in [0.15, 0.2) is 47.4 Å². The van der Waals surface area contributed by atoms with E-state index in [4.69, 9.17) is 0 Å². The Bertz CT molecular complexity index is 670. The smallest absolute Gasteiger partial charge is 0.233 e. The van der Waals surface area contributed by atoms with Gasteiger partial charge in [0.05, 0.1) is 5.25 Å². The van der Waals surface area contributed by atoms with Crippen molar-refractivity contribution in [2.24, 2.45) is 0 Å². The first kappa shape index (κ1) is 17.5. The quantitative estimate of drug-likeness (QED) is 0.801. The molecule has 0 aliphatic rings. The summed E-state index contributed by atoms with van der Waals surface area (Å²) in [6.07, 6.45) is 0.701. The van der Waals surface area contributed by atoms with Crippen molar-refractivity contribution in [1.82, 2.24) is 5.32 Å². The molecule has 0 saturated heterocycles. The van der Waals surface area contributed by atoms with Crippen LogP contribution < -0.4 is 5.32 Å². The predicted molar refractivity (Wildman–Crippen MR) is 94.3 cm³/mol. The zero-order chi connectivity index (χ0) is 16.8. The molecule has 0 unspecified atom stereocenters. The number of carbonyl (C=O) groups excluding carboxylic acids is 1. The van der Waals surface area contributed by atoms with Crippen LogP contribution in [0.25, 0.3) is 0 Å². The summed E-state index contributed by atoms with van der Waals surface area (Å²) in [5, 5.41) is 2.79. The molecule has 0 aromatic heterocycles. The van der Waals surface area contributed by atoms with Gasteiger partial charge in [-0.05, 0) is 56.5 Å². The van der Waals surface area contributed by atoms with E-state index in [0.717, 1.165) is 10.5 Å². The summed E-state index contributed by atoms with van der Waals surface area (Å²) in [6, 6.07) is 12.6. The van der Waals surface area contributed by atoms with Crippen molar-refractivity contribution in [2.75, 3.05) is 6.54 Å². The molecule has 0 bridgehead atoms. The van der Waals surface area contributed by atoms with Crippen molar-refractivity contribution < 1.29 is 9.18 Å². The van der Waals surface area contributed by atoms with Crippen LogP contribution in [0.2, 0.25) is 0 Å². The van der Waals surface area contributed by atoms with Gasteiger partial charge >= 0.3 is 0 Å². The second-order valence-corrected chi connectivity index (χ2v) is 7.08. The fourth-order valence-electron chi connectivity index (χ4n) is 2.30. The summed E-state index contributed by atoms with van der Waals surface area (Å²) < 4.78 is 12.8. The summed E-state index contributed by atoms with van der Waals surface area (Å²) in [5.74, 6) is -0.214. The molecule has 1 amide bonds. The van der Waals surface area contributed by atoms with E-state index >= 15 is 0 Å². The monoisotopic (exact) mass is 331 g/mol. The predicted octanol–water partition coefficient (Wildman–Crippen LogP) is 4.28. The van der Waals surface area contributed by atoms with Crippen LogP contribution in [0.4, 0.5) is 4.39 Å². The van der Waals surface area contributed by atoms with Gasteiger partial charge in [0.25, 0.3) is 0 Å². The van der Waals surface area contributed by atoms with Crippen molar-refractivity contribution in [3.63, 3.8) is 0 Å². The molecule has 0 radical (unpaired) electrons. The molecule has 2 nitrogen and oxygen atoms in total. The van der Waals surface area contributed by atoms with Crippen molar-refractivity contribution in [3.05, 3.63) is 65.0 Å². The lowest BCUT2D eigenvalue weighted by molar-refractivity contribution is -0.120. The summed E-state index contributed by atoms with van der Waals surface area (Å²) in [7, 11) is 0. The second kappa shape index (κ2) is 8.16. The molecule has 0 aliphatic heterocycles. The Morgan fingerprint density at radius 1 is 1.17 bits per heavy atom. The van der Waals surface area contributed by atoms with Gasteiger partial charge in [-0.3, -0.25) is 4.79 Å². The number of carbonyl (C=O) groups is 1. The van der Waals surface area contributed by atoms with E-state index in [1.54, 1.807) is 23.9 Å². The van der Waals surface area contributed by atoms with Crippen LogP contribution in [0.5, 0.6) is 0 Å². The highest BCUT2D eigenvalue weighted by molar-refractivity contribution is 8.00. The van der Waals surface area contributed by atoms with Gasteiger partial charge in [0.15, 0.2) is 0 Å². The molecule has 23 heavy (non-hydrogen) atoms. The molecule has 1 N–H and O–H groups in total. The number of hydrogen-bond donors (Lipinski definition) is 1. The fourth-order valence-corrected chi connectivity index (χ4v) is 3.26. The van der Waals surface area contributed by atoms with Gasteiger partial charge in [-0.25, -0.2) is 4.39 Å². The Hall–Kier alpha value is -1.81. The lowest BCUT2D eigenvalue weighted by Gasteiger charge is -2.14. The van der Waals surface area contributed by atoms with Crippen LogP contribution in [-0.4, -0.2) is 17.7 Å². The van der Waals surface area contributed by atoms with Gasteiger partial charge in [-0.1, -0.05) is 29.8 Å². The summed E-state index contributed by atoms with van der Waals surface area (Å²) in [6.45, 7) is 6.60. The van der Waals surface area contributed by atoms with E-state index < -0.39 is 0 Å². The van der Waals surface area contributed by atoms with Gasteiger partial charge in [0.2, 0.25) is 5.91 Å². The SMILES string of the molecule is Cc1ccc(S[C@@H](C)C(=O)NCCc2ccc(F)cc2)c(C)c1. The van der Waals surface area contributed by atoms with Crippen molar-refractivity contribution in [2.45, 2.75) is 37.3 Å². The lowest BCUT2D eigenvalue weighted by atomic mass is 10.1. The summed E-state index contributed by atoms with van der Waals surface area (Å²) in [5.41, 5.74) is 3.44. The number of halogens is 1. The lowest BCUT2D eigenvalue weighted by Crippen LogP contribution is -2.32. The van der Waals surface area contributed by atoms with Crippen LogP contribution in [0, 0.1) is 19.7 Å². The van der Waals surface area contributed by atoms with E-state index in [2.05, 4.69) is 37.4 Å². The summed E-state index contributed by atoms with van der Waals surface area (Å²) >= 11 is 1.57. The van der Waals surface area contributed by atoms with E-state index in [1.165, 1.54) is 23.3 Å². The molecular weight excluding hydrogens is 309 g/mol. The van der Waals surface area contributed by atoms with Gasteiger partial charge < -0.3 is 5.32 Å². The van der Waals surface area contributed by atoms with Gasteiger partial charge in [0.1, 0.15) is 5.82 Å². The minimum Gasteiger partial charge on any atom is -0.355 e. The number of aryl methyl sites for hydroxylation is 2. The molecule has 4 heteroatoms. The second-order valence-electron chi connectivity index (χ2n) is 5.70. The maximum Gasteiger partial charge on any atom is 0.233 e. The molecule has 0 saturated carbocycles. The van der Waals surface area contributed by atoms with Crippen molar-refractivity contribution in [1.29, 1.82) is 0 Å². The molecule has 0 heterocycles. The van der Waals surface area contributed by atoms with E-state index in [-0.39, 0.29) is 17.0 Å². The number of benzene rings is 2. The van der Waals surface area contributed by atoms with E-state index in [0.29, 0.717) is 13.0 Å². The Morgan fingerprint density at radius 2 is 1.87 bits per heavy atom. The maximum absolute atomic E-state index is 12.8. The largest absolute Gasteiger partial charge is 0.355 e. The van der Waals surface area contributed by atoms with Crippen LogP contribution >= 0.6 is 11.8 Å². The average molecular weight is 331 g/mol. The Labute approximate surface area is 141 Å². The first-order valence-corrected chi connectivity index (χ1v) is 8.60. The minimum absolute atomic E-state index is 0.0251. The highest BCUT2D eigenvalue weighted by atomic mass is 32.2. The van der Waals surface area contributed by atoms with Crippen molar-refractivity contribution >= 4 is 17.7 Å². The molecule has 1 atom stereocenters. The number of amides is 1. The van der Waals surface area contributed by atoms with Gasteiger partial charge in [0, 0.05) is 11.4 Å². The zero-order valence-corrected chi connectivity index (χ0v) is 14.5. The zero-order valence-electron chi connectivity index (χ0n) is 13.7. The maximum atomic E-state index is 12.8. The number of thioether (sulfide) groups is 1. The molecule has 2 aromatic rings. The molecule has 122 valence electrons. The van der Waals surface area contributed by atoms with Crippen LogP contribution in [0.1, 0.15) is 23.6 Å². The molecule has 0 fully saturated rings. The third-order valence-electron chi connectivity index (χ3n) is 3.63. The number of nitrogens with one attached hydrogen (secondary N) is 1. The number of rotatable bonds is 6. The molecule has 2 aromatic carbocycles. The van der Waals surface area contributed by atoms with Gasteiger partial charge in [-0.15, -0.1) is 11.8 Å².